The van der Waals surface area contributed by atoms with Gasteiger partial charge in [0, 0.05) is 30.3 Å². The first kappa shape index (κ1) is 22.0. The topological polar surface area (TPSA) is 104 Å². The molecule has 1 aliphatic carbocycles. The summed E-state index contributed by atoms with van der Waals surface area (Å²) in [5, 5.41) is 5.58. The standard InChI is InChI=1S/C22H27N3O4S/c1-16-5-4-8-20(15-16)30(28,29)24-14-13-23-21(26)18-9-11-19(12-10-18)25-22(27)17-6-2-3-7-17/h4-5,8-12,15,17,24H,2-3,6-7,13-14H2,1H3,(H,23,26)(H,25,27). The molecule has 160 valence electrons. The maximum absolute atomic E-state index is 12.3. The summed E-state index contributed by atoms with van der Waals surface area (Å²) in [6, 6.07) is 13.3. The molecule has 1 fully saturated rings. The molecule has 2 aromatic rings. The van der Waals surface area contributed by atoms with E-state index in [0.717, 1.165) is 31.2 Å². The number of hydrogen-bond acceptors (Lipinski definition) is 4. The Morgan fingerprint density at radius 3 is 2.37 bits per heavy atom. The van der Waals surface area contributed by atoms with Gasteiger partial charge in [-0.05, 0) is 61.7 Å². The first-order chi connectivity index (χ1) is 14.3. The molecule has 1 saturated carbocycles. The number of sulfonamides is 1. The minimum atomic E-state index is -3.61. The molecule has 7 nitrogen and oxygen atoms in total. The molecule has 30 heavy (non-hydrogen) atoms. The average Bonchev–Trinajstić information content (AvgIpc) is 3.27. The van der Waals surface area contributed by atoms with E-state index < -0.39 is 10.0 Å². The zero-order chi connectivity index (χ0) is 21.6. The van der Waals surface area contributed by atoms with Crippen molar-refractivity contribution < 1.29 is 18.0 Å². The molecule has 0 bridgehead atoms. The number of anilines is 1. The second-order valence-electron chi connectivity index (χ2n) is 7.52. The highest BCUT2D eigenvalue weighted by atomic mass is 32.2. The number of amides is 2. The molecule has 0 spiro atoms. The minimum absolute atomic E-state index is 0.0330. The number of carbonyl (C=O) groups is 2. The van der Waals surface area contributed by atoms with Crippen molar-refractivity contribution in [2.45, 2.75) is 37.5 Å². The van der Waals surface area contributed by atoms with Crippen molar-refractivity contribution in [2.75, 3.05) is 18.4 Å². The smallest absolute Gasteiger partial charge is 0.251 e. The van der Waals surface area contributed by atoms with Crippen molar-refractivity contribution >= 4 is 27.5 Å². The van der Waals surface area contributed by atoms with E-state index in [2.05, 4.69) is 15.4 Å². The summed E-state index contributed by atoms with van der Waals surface area (Å²) in [5.74, 6) is -0.194. The van der Waals surface area contributed by atoms with Gasteiger partial charge >= 0.3 is 0 Å². The number of hydrogen-bond donors (Lipinski definition) is 3. The van der Waals surface area contributed by atoms with Crippen LogP contribution in [0.1, 0.15) is 41.6 Å². The quantitative estimate of drug-likeness (QED) is 0.561. The number of nitrogens with one attached hydrogen (secondary N) is 3. The Morgan fingerprint density at radius 1 is 1.00 bits per heavy atom. The Balaban J connectivity index is 1.45. The van der Waals surface area contributed by atoms with Crippen LogP contribution in [0.5, 0.6) is 0 Å². The Bertz CT molecular complexity index is 997. The van der Waals surface area contributed by atoms with Crippen LogP contribution in [0.25, 0.3) is 0 Å². The maximum atomic E-state index is 12.3. The molecule has 0 aromatic heterocycles. The summed E-state index contributed by atoms with van der Waals surface area (Å²) in [7, 11) is -3.61. The highest BCUT2D eigenvalue weighted by Crippen LogP contribution is 2.26. The first-order valence-electron chi connectivity index (χ1n) is 10.1. The van der Waals surface area contributed by atoms with Crippen molar-refractivity contribution in [2.24, 2.45) is 5.92 Å². The van der Waals surface area contributed by atoms with E-state index in [0.29, 0.717) is 11.3 Å². The molecule has 1 aliphatic rings. The summed E-state index contributed by atoms with van der Waals surface area (Å²) in [6.45, 7) is 2.06. The lowest BCUT2D eigenvalue weighted by atomic mass is 10.1. The molecule has 0 radical (unpaired) electrons. The average molecular weight is 430 g/mol. The Labute approximate surface area is 177 Å². The van der Waals surface area contributed by atoms with Gasteiger partial charge in [-0.1, -0.05) is 25.0 Å². The minimum Gasteiger partial charge on any atom is -0.351 e. The summed E-state index contributed by atoms with van der Waals surface area (Å²) >= 11 is 0. The van der Waals surface area contributed by atoms with Crippen LogP contribution in [0.15, 0.2) is 53.4 Å². The van der Waals surface area contributed by atoms with Crippen LogP contribution in [0, 0.1) is 12.8 Å². The normalized spacial score (nSPS) is 14.4. The predicted octanol–water partition coefficient (Wildman–Crippen LogP) is 2.83. The van der Waals surface area contributed by atoms with E-state index in [-0.39, 0.29) is 35.7 Å². The molecule has 0 atom stereocenters. The van der Waals surface area contributed by atoms with Gasteiger partial charge in [0.1, 0.15) is 0 Å². The third-order valence-corrected chi connectivity index (χ3v) is 6.60. The molecule has 2 aromatic carbocycles. The second-order valence-corrected chi connectivity index (χ2v) is 9.29. The van der Waals surface area contributed by atoms with E-state index >= 15 is 0 Å². The molecule has 0 heterocycles. The fourth-order valence-corrected chi connectivity index (χ4v) is 4.60. The van der Waals surface area contributed by atoms with Crippen molar-refractivity contribution in [1.29, 1.82) is 0 Å². The zero-order valence-electron chi connectivity index (χ0n) is 17.0. The lowest BCUT2D eigenvalue weighted by molar-refractivity contribution is -0.119. The summed E-state index contributed by atoms with van der Waals surface area (Å²) in [6.07, 6.45) is 4.05. The highest BCUT2D eigenvalue weighted by Gasteiger charge is 2.22. The van der Waals surface area contributed by atoms with Gasteiger partial charge in [0.15, 0.2) is 0 Å². The van der Waals surface area contributed by atoms with Gasteiger partial charge < -0.3 is 10.6 Å². The van der Waals surface area contributed by atoms with Crippen LogP contribution in [0.3, 0.4) is 0 Å². The number of rotatable bonds is 8. The summed E-state index contributed by atoms with van der Waals surface area (Å²) < 4.78 is 27.0. The van der Waals surface area contributed by atoms with E-state index in [1.54, 1.807) is 36.4 Å². The summed E-state index contributed by atoms with van der Waals surface area (Å²) in [4.78, 5) is 24.6. The fourth-order valence-electron chi connectivity index (χ4n) is 3.47. The third kappa shape index (κ3) is 5.90. The zero-order valence-corrected chi connectivity index (χ0v) is 17.8. The molecular weight excluding hydrogens is 402 g/mol. The van der Waals surface area contributed by atoms with Gasteiger partial charge in [-0.25, -0.2) is 13.1 Å². The number of benzene rings is 2. The monoisotopic (exact) mass is 429 g/mol. The van der Waals surface area contributed by atoms with Gasteiger partial charge in [-0.2, -0.15) is 0 Å². The van der Waals surface area contributed by atoms with Gasteiger partial charge in [0.05, 0.1) is 4.90 Å². The maximum Gasteiger partial charge on any atom is 0.251 e. The van der Waals surface area contributed by atoms with Crippen LogP contribution < -0.4 is 15.4 Å². The summed E-state index contributed by atoms with van der Waals surface area (Å²) in [5.41, 5.74) is 1.96. The third-order valence-electron chi connectivity index (χ3n) is 5.14. The molecular formula is C22H27N3O4S. The molecule has 8 heteroatoms. The van der Waals surface area contributed by atoms with Gasteiger partial charge in [-0.3, -0.25) is 9.59 Å². The van der Waals surface area contributed by atoms with Crippen LogP contribution in [0.2, 0.25) is 0 Å². The molecule has 0 aliphatic heterocycles. The predicted molar refractivity (Wildman–Crippen MR) is 116 cm³/mol. The van der Waals surface area contributed by atoms with Crippen LogP contribution >= 0.6 is 0 Å². The SMILES string of the molecule is Cc1cccc(S(=O)(=O)NCCNC(=O)c2ccc(NC(=O)C3CCCC3)cc2)c1. The Kier molecular flexibility index (Phi) is 7.23. The van der Waals surface area contributed by atoms with E-state index in [4.69, 9.17) is 0 Å². The van der Waals surface area contributed by atoms with Gasteiger partial charge in [-0.15, -0.1) is 0 Å². The van der Waals surface area contributed by atoms with E-state index in [1.807, 2.05) is 13.0 Å². The van der Waals surface area contributed by atoms with Crippen molar-refractivity contribution in [3.05, 3.63) is 59.7 Å². The molecule has 3 rings (SSSR count). The fraction of sp³-hybridized carbons (Fsp3) is 0.364. The van der Waals surface area contributed by atoms with Crippen LogP contribution in [0.4, 0.5) is 5.69 Å². The Hall–Kier alpha value is -2.71. The molecule has 2 amide bonds. The Morgan fingerprint density at radius 2 is 1.70 bits per heavy atom. The lowest BCUT2D eigenvalue weighted by Crippen LogP contribution is -2.34. The second kappa shape index (κ2) is 9.86. The number of carbonyl (C=O) groups excluding carboxylic acids is 2. The van der Waals surface area contributed by atoms with Crippen LogP contribution in [-0.4, -0.2) is 33.3 Å². The highest BCUT2D eigenvalue weighted by molar-refractivity contribution is 7.89. The van der Waals surface area contributed by atoms with E-state index in [9.17, 15) is 18.0 Å². The van der Waals surface area contributed by atoms with Crippen molar-refractivity contribution in [3.63, 3.8) is 0 Å². The molecule has 0 saturated heterocycles. The van der Waals surface area contributed by atoms with Crippen molar-refractivity contribution in [1.82, 2.24) is 10.0 Å². The van der Waals surface area contributed by atoms with Crippen LogP contribution in [-0.2, 0) is 14.8 Å². The van der Waals surface area contributed by atoms with E-state index in [1.165, 1.54) is 6.07 Å². The van der Waals surface area contributed by atoms with Crippen molar-refractivity contribution in [3.8, 4) is 0 Å². The molecule has 3 N–H and O–H groups in total. The number of aryl methyl sites for hydroxylation is 1. The largest absolute Gasteiger partial charge is 0.351 e. The van der Waals surface area contributed by atoms with Gasteiger partial charge in [0.2, 0.25) is 15.9 Å². The van der Waals surface area contributed by atoms with Gasteiger partial charge in [0.25, 0.3) is 5.91 Å². The molecule has 0 unspecified atom stereocenters. The first-order valence-corrected chi connectivity index (χ1v) is 11.6. The lowest BCUT2D eigenvalue weighted by Gasteiger charge is -2.11.